The molecule has 1 saturated heterocycles. The van der Waals surface area contributed by atoms with Crippen molar-refractivity contribution in [3.8, 4) is 0 Å². The molecule has 0 spiro atoms. The van der Waals surface area contributed by atoms with Crippen molar-refractivity contribution in [2.75, 3.05) is 27.2 Å². The van der Waals surface area contributed by atoms with E-state index in [1.165, 1.54) is 38.6 Å². The van der Waals surface area contributed by atoms with E-state index in [1.54, 1.807) is 7.11 Å². The van der Waals surface area contributed by atoms with E-state index in [2.05, 4.69) is 5.32 Å². The first-order valence-electron chi connectivity index (χ1n) is 5.31. The molecular formula is C10H22N2O. The molecule has 1 aliphatic rings. The highest BCUT2D eigenvalue weighted by Gasteiger charge is 2.11. The molecule has 1 heterocycles. The van der Waals surface area contributed by atoms with Crippen molar-refractivity contribution in [3.63, 3.8) is 0 Å². The Balaban J connectivity index is 1.98. The lowest BCUT2D eigenvalue weighted by atomic mass is 10.0. The van der Waals surface area contributed by atoms with E-state index in [-0.39, 0.29) is 0 Å². The molecule has 1 N–H and O–H groups in total. The summed E-state index contributed by atoms with van der Waals surface area (Å²) < 4.78 is 0. The van der Waals surface area contributed by atoms with Gasteiger partial charge in [0.25, 0.3) is 0 Å². The molecule has 1 atom stereocenters. The second-order valence-corrected chi connectivity index (χ2v) is 3.82. The van der Waals surface area contributed by atoms with Crippen molar-refractivity contribution >= 4 is 0 Å². The van der Waals surface area contributed by atoms with Crippen LogP contribution in [0.4, 0.5) is 0 Å². The number of nitrogens with zero attached hydrogens (tertiary/aromatic N) is 1. The summed E-state index contributed by atoms with van der Waals surface area (Å²) in [6.07, 6.45) is 6.62. The minimum Gasteiger partial charge on any atom is -0.314 e. The van der Waals surface area contributed by atoms with Crippen LogP contribution in [-0.4, -0.2) is 38.4 Å². The lowest BCUT2D eigenvalue weighted by molar-refractivity contribution is -0.109. The van der Waals surface area contributed by atoms with Gasteiger partial charge < -0.3 is 10.2 Å². The van der Waals surface area contributed by atoms with E-state index >= 15 is 0 Å². The smallest absolute Gasteiger partial charge is 0.0575 e. The van der Waals surface area contributed by atoms with E-state index in [0.717, 1.165) is 12.6 Å². The van der Waals surface area contributed by atoms with Crippen molar-refractivity contribution in [3.05, 3.63) is 0 Å². The van der Waals surface area contributed by atoms with Crippen LogP contribution in [0.15, 0.2) is 0 Å². The molecule has 78 valence electrons. The molecule has 0 radical (unpaired) electrons. The Kier molecular flexibility index (Phi) is 5.35. The number of hydrogen-bond donors (Lipinski definition) is 1. The first-order valence-corrected chi connectivity index (χ1v) is 5.31. The summed E-state index contributed by atoms with van der Waals surface area (Å²) in [5.41, 5.74) is 0. The molecule has 1 unspecified atom stereocenters. The third kappa shape index (κ3) is 4.60. The van der Waals surface area contributed by atoms with Crippen LogP contribution in [-0.2, 0) is 4.84 Å². The highest BCUT2D eigenvalue weighted by atomic mass is 16.7. The summed E-state index contributed by atoms with van der Waals surface area (Å²) >= 11 is 0. The number of hydrogen-bond acceptors (Lipinski definition) is 3. The average molecular weight is 186 g/mol. The normalized spacial score (nSPS) is 23.8. The van der Waals surface area contributed by atoms with Crippen molar-refractivity contribution in [2.24, 2.45) is 0 Å². The highest BCUT2D eigenvalue weighted by molar-refractivity contribution is 4.71. The molecule has 0 saturated carbocycles. The number of rotatable bonds is 5. The maximum Gasteiger partial charge on any atom is 0.0575 e. The predicted molar refractivity (Wildman–Crippen MR) is 54.5 cm³/mol. The van der Waals surface area contributed by atoms with Crippen LogP contribution >= 0.6 is 0 Å². The minimum absolute atomic E-state index is 0.763. The molecule has 0 aromatic rings. The van der Waals surface area contributed by atoms with Crippen molar-refractivity contribution in [1.82, 2.24) is 10.4 Å². The number of piperidine rings is 1. The van der Waals surface area contributed by atoms with Crippen LogP contribution < -0.4 is 5.32 Å². The fourth-order valence-corrected chi connectivity index (χ4v) is 1.82. The zero-order chi connectivity index (χ0) is 9.52. The van der Waals surface area contributed by atoms with Gasteiger partial charge >= 0.3 is 0 Å². The molecule has 0 amide bonds. The second kappa shape index (κ2) is 6.35. The van der Waals surface area contributed by atoms with Gasteiger partial charge in [0.1, 0.15) is 0 Å². The maximum absolute atomic E-state index is 5.05. The molecule has 13 heavy (non-hydrogen) atoms. The average Bonchev–Trinajstić information content (AvgIpc) is 2.19. The van der Waals surface area contributed by atoms with E-state index in [0.29, 0.717) is 0 Å². The van der Waals surface area contributed by atoms with Gasteiger partial charge in [-0.2, -0.15) is 5.06 Å². The molecule has 0 aliphatic carbocycles. The lowest BCUT2D eigenvalue weighted by Gasteiger charge is -2.24. The van der Waals surface area contributed by atoms with Crippen molar-refractivity contribution in [1.29, 1.82) is 0 Å². The Hall–Kier alpha value is -0.120. The zero-order valence-electron chi connectivity index (χ0n) is 8.88. The topological polar surface area (TPSA) is 24.5 Å². The summed E-state index contributed by atoms with van der Waals surface area (Å²) in [5.74, 6) is 0. The van der Waals surface area contributed by atoms with Gasteiger partial charge in [-0.3, -0.25) is 0 Å². The Morgan fingerprint density at radius 3 is 2.92 bits per heavy atom. The van der Waals surface area contributed by atoms with E-state index in [4.69, 9.17) is 4.84 Å². The molecule has 0 bridgehead atoms. The highest BCUT2D eigenvalue weighted by Crippen LogP contribution is 2.11. The Labute approximate surface area is 81.4 Å². The van der Waals surface area contributed by atoms with Crippen molar-refractivity contribution < 1.29 is 4.84 Å². The lowest BCUT2D eigenvalue weighted by Crippen LogP contribution is -2.34. The molecule has 1 fully saturated rings. The minimum atomic E-state index is 0.763. The van der Waals surface area contributed by atoms with Crippen LogP contribution in [0, 0.1) is 0 Å². The van der Waals surface area contributed by atoms with E-state index in [9.17, 15) is 0 Å². The van der Waals surface area contributed by atoms with Gasteiger partial charge in [0, 0.05) is 19.6 Å². The first-order chi connectivity index (χ1) is 6.33. The molecular weight excluding hydrogens is 164 g/mol. The third-order valence-electron chi connectivity index (χ3n) is 2.75. The Morgan fingerprint density at radius 1 is 1.46 bits per heavy atom. The van der Waals surface area contributed by atoms with E-state index < -0.39 is 0 Å². The summed E-state index contributed by atoms with van der Waals surface area (Å²) in [6, 6.07) is 0.763. The first kappa shape index (κ1) is 11.0. The van der Waals surface area contributed by atoms with Gasteiger partial charge in [-0.25, -0.2) is 0 Å². The fraction of sp³-hybridized carbons (Fsp3) is 1.00. The molecule has 1 rings (SSSR count). The van der Waals surface area contributed by atoms with Crippen molar-refractivity contribution in [2.45, 2.75) is 38.1 Å². The quantitative estimate of drug-likeness (QED) is 0.657. The Bertz CT molecular complexity index is 124. The van der Waals surface area contributed by atoms with Gasteiger partial charge in [-0.05, 0) is 32.2 Å². The fourth-order valence-electron chi connectivity index (χ4n) is 1.82. The van der Waals surface area contributed by atoms with Gasteiger partial charge in [0.15, 0.2) is 0 Å². The van der Waals surface area contributed by atoms with Crippen LogP contribution in [0.25, 0.3) is 0 Å². The summed E-state index contributed by atoms with van der Waals surface area (Å²) in [5, 5.41) is 5.44. The summed E-state index contributed by atoms with van der Waals surface area (Å²) in [7, 11) is 3.70. The van der Waals surface area contributed by atoms with Crippen LogP contribution in [0.3, 0.4) is 0 Å². The van der Waals surface area contributed by atoms with Gasteiger partial charge in [-0.1, -0.05) is 6.42 Å². The zero-order valence-corrected chi connectivity index (χ0v) is 8.88. The second-order valence-electron chi connectivity index (χ2n) is 3.82. The summed E-state index contributed by atoms with van der Waals surface area (Å²) in [4.78, 5) is 5.05. The molecule has 3 heteroatoms. The standard InChI is InChI=1S/C10H22N2O/c1-12(13-2)9-5-7-10-6-3-4-8-11-10/h10-11H,3-9H2,1-2H3. The molecule has 0 aromatic heterocycles. The monoisotopic (exact) mass is 186 g/mol. The van der Waals surface area contributed by atoms with Gasteiger partial charge in [-0.15, -0.1) is 0 Å². The van der Waals surface area contributed by atoms with Crippen LogP contribution in [0.2, 0.25) is 0 Å². The van der Waals surface area contributed by atoms with Crippen LogP contribution in [0.5, 0.6) is 0 Å². The van der Waals surface area contributed by atoms with Crippen LogP contribution in [0.1, 0.15) is 32.1 Å². The van der Waals surface area contributed by atoms with E-state index in [1.807, 2.05) is 12.1 Å². The number of hydroxylamine groups is 2. The predicted octanol–water partition coefficient (Wildman–Crippen LogP) is 1.40. The van der Waals surface area contributed by atoms with Gasteiger partial charge in [0.05, 0.1) is 7.11 Å². The molecule has 3 nitrogen and oxygen atoms in total. The largest absolute Gasteiger partial charge is 0.314 e. The maximum atomic E-state index is 5.05. The third-order valence-corrected chi connectivity index (χ3v) is 2.75. The molecule has 0 aromatic carbocycles. The summed E-state index contributed by atoms with van der Waals surface area (Å²) in [6.45, 7) is 2.25. The van der Waals surface area contributed by atoms with Gasteiger partial charge in [0.2, 0.25) is 0 Å². The Morgan fingerprint density at radius 2 is 2.31 bits per heavy atom. The molecule has 1 aliphatic heterocycles. The number of nitrogens with one attached hydrogen (secondary N) is 1. The SMILES string of the molecule is CON(C)CCCC1CCCCN1.